The van der Waals surface area contributed by atoms with Gasteiger partial charge in [0.1, 0.15) is 0 Å². The van der Waals surface area contributed by atoms with Crippen LogP contribution >= 0.6 is 0 Å². The molecule has 0 saturated carbocycles. The van der Waals surface area contributed by atoms with Gasteiger partial charge in [0.15, 0.2) is 0 Å². The zero-order chi connectivity index (χ0) is 14.4. The van der Waals surface area contributed by atoms with Gasteiger partial charge in [-0.25, -0.2) is 0 Å². The third kappa shape index (κ3) is 3.47. The number of nitrogens with one attached hydrogen (secondary N) is 1. The summed E-state index contributed by atoms with van der Waals surface area (Å²) >= 11 is 0. The second-order valence-corrected chi connectivity index (χ2v) is 5.65. The quantitative estimate of drug-likeness (QED) is 0.790. The monoisotopic (exact) mass is 268 g/mol. The van der Waals surface area contributed by atoms with E-state index < -0.39 is 0 Å². The molecule has 2 nitrogen and oxygen atoms in total. The maximum atomic E-state index is 5.48. The average molecular weight is 268 g/mol. The van der Waals surface area contributed by atoms with Gasteiger partial charge in [-0.3, -0.25) is 0 Å². The van der Waals surface area contributed by atoms with Crippen LogP contribution in [0.5, 0.6) is 0 Å². The molecule has 0 aliphatic rings. The van der Waals surface area contributed by atoms with Gasteiger partial charge in [-0.2, -0.15) is 0 Å². The Kier molecular flexibility index (Phi) is 4.94. The summed E-state index contributed by atoms with van der Waals surface area (Å²) in [6, 6.07) is 19.5. The molecular weight excluding hydrogens is 244 g/mol. The molecule has 0 fully saturated rings. The van der Waals surface area contributed by atoms with Gasteiger partial charge in [-0.05, 0) is 16.7 Å². The van der Waals surface area contributed by atoms with Crippen LogP contribution in [0.1, 0.15) is 30.5 Å². The Morgan fingerprint density at radius 1 is 0.900 bits per heavy atom. The Labute approximate surface area is 122 Å². The highest BCUT2D eigenvalue weighted by atomic mass is 14.9. The van der Waals surface area contributed by atoms with E-state index in [0.717, 1.165) is 13.1 Å². The molecular formula is C18H24N2. The van der Waals surface area contributed by atoms with Crippen molar-refractivity contribution in [2.45, 2.75) is 25.8 Å². The lowest BCUT2D eigenvalue weighted by Gasteiger charge is -2.26. The van der Waals surface area contributed by atoms with Crippen LogP contribution in [0.3, 0.4) is 0 Å². The molecule has 0 saturated heterocycles. The lowest BCUT2D eigenvalue weighted by molar-refractivity contribution is 0.639. The van der Waals surface area contributed by atoms with Gasteiger partial charge in [-0.15, -0.1) is 0 Å². The second kappa shape index (κ2) is 6.69. The van der Waals surface area contributed by atoms with Crippen molar-refractivity contribution in [2.75, 3.05) is 13.1 Å². The van der Waals surface area contributed by atoms with E-state index in [-0.39, 0.29) is 5.41 Å². The van der Waals surface area contributed by atoms with Crippen LogP contribution < -0.4 is 11.1 Å². The van der Waals surface area contributed by atoms with Crippen LogP contribution in [0.15, 0.2) is 54.6 Å². The van der Waals surface area contributed by atoms with Crippen molar-refractivity contribution in [2.24, 2.45) is 5.73 Å². The molecule has 2 aromatic carbocycles. The van der Waals surface area contributed by atoms with Crippen molar-refractivity contribution in [1.29, 1.82) is 0 Å². The molecule has 0 aromatic heterocycles. The van der Waals surface area contributed by atoms with Crippen molar-refractivity contribution in [3.63, 3.8) is 0 Å². The molecule has 3 N–H and O–H groups in total. The van der Waals surface area contributed by atoms with Crippen LogP contribution in [0, 0.1) is 0 Å². The van der Waals surface area contributed by atoms with Crippen LogP contribution in [0.4, 0.5) is 0 Å². The molecule has 0 heterocycles. The Balaban J connectivity index is 2.13. The van der Waals surface area contributed by atoms with Crippen molar-refractivity contribution in [3.8, 4) is 0 Å². The number of nitrogens with two attached hydrogens (primary N) is 1. The molecule has 0 amide bonds. The molecule has 20 heavy (non-hydrogen) atoms. The molecule has 0 unspecified atom stereocenters. The Morgan fingerprint density at radius 2 is 1.50 bits per heavy atom. The SMILES string of the molecule is CC(C)(c1ccccc1)c1ccc(CNCCN)cc1. The first kappa shape index (κ1) is 14.8. The fraction of sp³-hybridized carbons (Fsp3) is 0.333. The highest BCUT2D eigenvalue weighted by Crippen LogP contribution is 2.31. The predicted molar refractivity (Wildman–Crippen MR) is 85.8 cm³/mol. The van der Waals surface area contributed by atoms with Gasteiger partial charge in [0.05, 0.1) is 0 Å². The normalized spacial score (nSPS) is 11.6. The molecule has 0 aliphatic heterocycles. The van der Waals surface area contributed by atoms with E-state index in [1.807, 2.05) is 0 Å². The van der Waals surface area contributed by atoms with Gasteiger partial charge in [-0.1, -0.05) is 68.4 Å². The average Bonchev–Trinajstić information content (AvgIpc) is 2.49. The lowest BCUT2D eigenvalue weighted by atomic mass is 9.78. The first-order valence-corrected chi connectivity index (χ1v) is 7.20. The highest BCUT2D eigenvalue weighted by molar-refractivity contribution is 5.38. The number of hydrogen-bond donors (Lipinski definition) is 2. The summed E-state index contributed by atoms with van der Waals surface area (Å²) in [6.07, 6.45) is 0. The van der Waals surface area contributed by atoms with Gasteiger partial charge in [0.2, 0.25) is 0 Å². The Bertz CT molecular complexity index is 515. The summed E-state index contributed by atoms with van der Waals surface area (Å²) in [5.41, 5.74) is 9.49. The third-order valence-electron chi connectivity index (χ3n) is 3.82. The second-order valence-electron chi connectivity index (χ2n) is 5.65. The molecule has 0 radical (unpaired) electrons. The fourth-order valence-corrected chi connectivity index (χ4v) is 2.40. The Hall–Kier alpha value is -1.64. The van der Waals surface area contributed by atoms with Crippen molar-refractivity contribution in [1.82, 2.24) is 5.32 Å². The fourth-order valence-electron chi connectivity index (χ4n) is 2.40. The van der Waals surface area contributed by atoms with E-state index in [9.17, 15) is 0 Å². The topological polar surface area (TPSA) is 38.0 Å². The van der Waals surface area contributed by atoms with Crippen molar-refractivity contribution >= 4 is 0 Å². The summed E-state index contributed by atoms with van der Waals surface area (Å²) in [4.78, 5) is 0. The number of hydrogen-bond acceptors (Lipinski definition) is 2. The molecule has 2 rings (SSSR count). The number of rotatable bonds is 6. The summed E-state index contributed by atoms with van der Waals surface area (Å²) < 4.78 is 0. The number of benzene rings is 2. The summed E-state index contributed by atoms with van der Waals surface area (Å²) in [5.74, 6) is 0. The van der Waals surface area contributed by atoms with Crippen LogP contribution in [0.25, 0.3) is 0 Å². The van der Waals surface area contributed by atoms with Gasteiger partial charge < -0.3 is 11.1 Å². The summed E-state index contributed by atoms with van der Waals surface area (Å²) in [6.45, 7) is 6.95. The van der Waals surface area contributed by atoms with Gasteiger partial charge in [0.25, 0.3) is 0 Å². The van der Waals surface area contributed by atoms with Gasteiger partial charge >= 0.3 is 0 Å². The van der Waals surface area contributed by atoms with E-state index in [0.29, 0.717) is 6.54 Å². The largest absolute Gasteiger partial charge is 0.329 e. The predicted octanol–water partition coefficient (Wildman–Crippen LogP) is 3.06. The maximum Gasteiger partial charge on any atom is 0.0206 e. The summed E-state index contributed by atoms with van der Waals surface area (Å²) in [5, 5.41) is 3.32. The van der Waals surface area contributed by atoms with E-state index in [1.165, 1.54) is 16.7 Å². The third-order valence-corrected chi connectivity index (χ3v) is 3.82. The van der Waals surface area contributed by atoms with Crippen LogP contribution in [0.2, 0.25) is 0 Å². The zero-order valence-corrected chi connectivity index (χ0v) is 12.4. The molecule has 0 bridgehead atoms. The lowest BCUT2D eigenvalue weighted by Crippen LogP contribution is -2.22. The Morgan fingerprint density at radius 3 is 2.10 bits per heavy atom. The minimum absolute atomic E-state index is 0.0322. The van der Waals surface area contributed by atoms with E-state index in [4.69, 9.17) is 5.73 Å². The molecule has 0 spiro atoms. The highest BCUT2D eigenvalue weighted by Gasteiger charge is 2.22. The minimum Gasteiger partial charge on any atom is -0.329 e. The summed E-state index contributed by atoms with van der Waals surface area (Å²) in [7, 11) is 0. The molecule has 2 heteroatoms. The van der Waals surface area contributed by atoms with E-state index >= 15 is 0 Å². The van der Waals surface area contributed by atoms with Crippen LogP contribution in [-0.2, 0) is 12.0 Å². The van der Waals surface area contributed by atoms with Crippen molar-refractivity contribution in [3.05, 3.63) is 71.3 Å². The first-order chi connectivity index (χ1) is 9.64. The maximum absolute atomic E-state index is 5.48. The smallest absolute Gasteiger partial charge is 0.0206 e. The molecule has 0 atom stereocenters. The standard InChI is InChI=1S/C18H24N2/c1-18(2,16-6-4-3-5-7-16)17-10-8-15(9-11-17)14-20-13-12-19/h3-11,20H,12-14,19H2,1-2H3. The van der Waals surface area contributed by atoms with E-state index in [1.54, 1.807) is 0 Å². The minimum atomic E-state index is 0.0322. The molecule has 0 aliphatic carbocycles. The van der Waals surface area contributed by atoms with Gasteiger partial charge in [0, 0.05) is 25.0 Å². The van der Waals surface area contributed by atoms with Crippen molar-refractivity contribution < 1.29 is 0 Å². The molecule has 2 aromatic rings. The van der Waals surface area contributed by atoms with Crippen LogP contribution in [-0.4, -0.2) is 13.1 Å². The zero-order valence-electron chi connectivity index (χ0n) is 12.4. The first-order valence-electron chi connectivity index (χ1n) is 7.20. The van der Waals surface area contributed by atoms with E-state index in [2.05, 4.69) is 73.8 Å². The molecule has 106 valence electrons.